The summed E-state index contributed by atoms with van der Waals surface area (Å²) in [6.07, 6.45) is 0.623. The van der Waals surface area contributed by atoms with Crippen LogP contribution in [0.25, 0.3) is 0 Å². The number of para-hydroxylation sites is 1. The molecule has 0 aliphatic heterocycles. The Bertz CT molecular complexity index is 394. The Kier molecular flexibility index (Phi) is 5.83. The average Bonchev–Trinajstić information content (AvgIpc) is 2.27. The Morgan fingerprint density at radius 3 is 2.58 bits per heavy atom. The van der Waals surface area contributed by atoms with Crippen molar-refractivity contribution in [3.05, 3.63) is 29.3 Å². The van der Waals surface area contributed by atoms with Gasteiger partial charge in [0.2, 0.25) is 0 Å². The highest BCUT2D eigenvalue weighted by Gasteiger charge is 2.14. The van der Waals surface area contributed by atoms with Crippen LogP contribution in [-0.4, -0.2) is 23.4 Å². The molecule has 0 fully saturated rings. The summed E-state index contributed by atoms with van der Waals surface area (Å²) in [7, 11) is 0. The minimum Gasteiger partial charge on any atom is -0.493 e. The first kappa shape index (κ1) is 16.0. The molecule has 1 aromatic rings. The summed E-state index contributed by atoms with van der Waals surface area (Å²) in [5, 5.41) is 13.1. The van der Waals surface area contributed by atoms with Crippen LogP contribution >= 0.6 is 0 Å². The summed E-state index contributed by atoms with van der Waals surface area (Å²) < 4.78 is 5.88. The van der Waals surface area contributed by atoms with E-state index in [1.54, 1.807) is 13.8 Å². The molecular formula is C16H27NO2. The highest BCUT2D eigenvalue weighted by molar-refractivity contribution is 5.40. The Hall–Kier alpha value is -1.06. The molecule has 0 bridgehead atoms. The van der Waals surface area contributed by atoms with Crippen molar-refractivity contribution in [2.45, 2.75) is 59.2 Å². The summed E-state index contributed by atoms with van der Waals surface area (Å²) in [6, 6.07) is 6.64. The predicted molar refractivity (Wildman–Crippen MR) is 79.6 cm³/mol. The van der Waals surface area contributed by atoms with Crippen molar-refractivity contribution in [3.63, 3.8) is 0 Å². The number of benzene rings is 1. The monoisotopic (exact) mass is 265 g/mol. The number of aliphatic hydroxyl groups is 1. The molecule has 1 aromatic carbocycles. The molecule has 0 heterocycles. The molecular weight excluding hydrogens is 238 g/mol. The molecule has 19 heavy (non-hydrogen) atoms. The molecule has 0 aliphatic rings. The molecule has 108 valence electrons. The van der Waals surface area contributed by atoms with Crippen molar-refractivity contribution in [2.24, 2.45) is 0 Å². The lowest BCUT2D eigenvalue weighted by Crippen LogP contribution is -2.24. The SMILES string of the molecule is Cc1cccc(CNC(C)C)c1OCCC(C)(C)O. The summed E-state index contributed by atoms with van der Waals surface area (Å²) in [5.74, 6) is 0.944. The minimum atomic E-state index is -0.682. The largest absolute Gasteiger partial charge is 0.493 e. The highest BCUT2D eigenvalue weighted by Crippen LogP contribution is 2.24. The predicted octanol–water partition coefficient (Wildman–Crippen LogP) is 3.03. The first-order valence-corrected chi connectivity index (χ1v) is 6.96. The van der Waals surface area contributed by atoms with Gasteiger partial charge in [-0.1, -0.05) is 32.0 Å². The Balaban J connectivity index is 2.69. The second-order valence-electron chi connectivity index (χ2n) is 6.01. The number of hydrogen-bond acceptors (Lipinski definition) is 3. The molecule has 0 radical (unpaired) electrons. The van der Waals surface area contributed by atoms with Crippen molar-refractivity contribution in [1.82, 2.24) is 5.32 Å². The van der Waals surface area contributed by atoms with E-state index < -0.39 is 5.60 Å². The molecule has 0 atom stereocenters. The third-order valence-corrected chi connectivity index (χ3v) is 2.95. The summed E-state index contributed by atoms with van der Waals surface area (Å²) in [6.45, 7) is 11.2. The van der Waals surface area contributed by atoms with Crippen molar-refractivity contribution in [3.8, 4) is 5.75 Å². The van der Waals surface area contributed by atoms with Crippen LogP contribution in [0.3, 0.4) is 0 Å². The molecule has 0 unspecified atom stereocenters. The standard InChI is InChI=1S/C16H27NO2/c1-12(2)17-11-14-8-6-7-13(3)15(14)19-10-9-16(4,5)18/h6-8,12,17-18H,9-11H2,1-5H3. The molecule has 0 aromatic heterocycles. The maximum atomic E-state index is 9.72. The average molecular weight is 265 g/mol. The van der Waals surface area contributed by atoms with Gasteiger partial charge in [0.25, 0.3) is 0 Å². The molecule has 0 spiro atoms. The highest BCUT2D eigenvalue weighted by atomic mass is 16.5. The summed E-state index contributed by atoms with van der Waals surface area (Å²) in [5.41, 5.74) is 1.63. The van der Waals surface area contributed by atoms with Crippen LogP contribution in [0.1, 0.15) is 45.2 Å². The number of aryl methyl sites for hydroxylation is 1. The normalized spacial score (nSPS) is 11.9. The lowest BCUT2D eigenvalue weighted by molar-refractivity contribution is 0.0551. The van der Waals surface area contributed by atoms with E-state index >= 15 is 0 Å². The fraction of sp³-hybridized carbons (Fsp3) is 0.625. The van der Waals surface area contributed by atoms with Gasteiger partial charge in [-0.05, 0) is 26.3 Å². The van der Waals surface area contributed by atoms with E-state index in [9.17, 15) is 5.11 Å². The van der Waals surface area contributed by atoms with Crippen molar-refractivity contribution >= 4 is 0 Å². The van der Waals surface area contributed by atoms with Crippen LogP contribution in [0.5, 0.6) is 5.75 Å². The quantitative estimate of drug-likeness (QED) is 0.796. The molecule has 0 aliphatic carbocycles. The van der Waals surface area contributed by atoms with Gasteiger partial charge in [-0.15, -0.1) is 0 Å². The molecule has 3 heteroatoms. The molecule has 1 rings (SSSR count). The fourth-order valence-electron chi connectivity index (χ4n) is 1.78. The molecule has 2 N–H and O–H groups in total. The van der Waals surface area contributed by atoms with Gasteiger partial charge in [0, 0.05) is 24.6 Å². The van der Waals surface area contributed by atoms with Crippen LogP contribution in [0.2, 0.25) is 0 Å². The van der Waals surface area contributed by atoms with Gasteiger partial charge in [-0.3, -0.25) is 0 Å². The van der Waals surface area contributed by atoms with E-state index in [1.807, 2.05) is 0 Å². The van der Waals surface area contributed by atoms with Crippen LogP contribution in [0.4, 0.5) is 0 Å². The van der Waals surface area contributed by atoms with Gasteiger partial charge in [-0.2, -0.15) is 0 Å². The van der Waals surface area contributed by atoms with Crippen molar-refractivity contribution in [1.29, 1.82) is 0 Å². The first-order valence-electron chi connectivity index (χ1n) is 6.96. The van der Waals surface area contributed by atoms with E-state index in [0.717, 1.165) is 17.9 Å². The summed E-state index contributed by atoms with van der Waals surface area (Å²) >= 11 is 0. The fourth-order valence-corrected chi connectivity index (χ4v) is 1.78. The number of hydrogen-bond donors (Lipinski definition) is 2. The van der Waals surface area contributed by atoms with E-state index in [2.05, 4.69) is 44.3 Å². The van der Waals surface area contributed by atoms with E-state index in [-0.39, 0.29) is 0 Å². The third-order valence-electron chi connectivity index (χ3n) is 2.95. The first-order chi connectivity index (χ1) is 8.79. The van der Waals surface area contributed by atoms with Gasteiger partial charge in [0.1, 0.15) is 5.75 Å². The van der Waals surface area contributed by atoms with Crippen molar-refractivity contribution < 1.29 is 9.84 Å². The maximum Gasteiger partial charge on any atom is 0.126 e. The smallest absolute Gasteiger partial charge is 0.126 e. The van der Waals surface area contributed by atoms with Gasteiger partial charge in [-0.25, -0.2) is 0 Å². The van der Waals surface area contributed by atoms with Crippen LogP contribution < -0.4 is 10.1 Å². The number of rotatable bonds is 7. The van der Waals surface area contributed by atoms with Gasteiger partial charge < -0.3 is 15.2 Å². The molecule has 0 saturated heterocycles. The zero-order valence-corrected chi connectivity index (χ0v) is 12.8. The summed E-state index contributed by atoms with van der Waals surface area (Å²) in [4.78, 5) is 0. The zero-order chi connectivity index (χ0) is 14.5. The van der Waals surface area contributed by atoms with E-state index in [4.69, 9.17) is 4.74 Å². The Labute approximate surface area is 117 Å². The van der Waals surface area contributed by atoms with E-state index in [1.165, 1.54) is 5.56 Å². The third kappa shape index (κ3) is 6.08. The maximum absolute atomic E-state index is 9.72. The van der Waals surface area contributed by atoms with Crippen LogP contribution in [0, 0.1) is 6.92 Å². The zero-order valence-electron chi connectivity index (χ0n) is 12.8. The number of ether oxygens (including phenoxy) is 1. The van der Waals surface area contributed by atoms with Gasteiger partial charge in [0.15, 0.2) is 0 Å². The topological polar surface area (TPSA) is 41.5 Å². The van der Waals surface area contributed by atoms with Gasteiger partial charge in [0.05, 0.1) is 12.2 Å². The van der Waals surface area contributed by atoms with Crippen LogP contribution in [0.15, 0.2) is 18.2 Å². The second-order valence-corrected chi connectivity index (χ2v) is 6.01. The Morgan fingerprint density at radius 2 is 2.00 bits per heavy atom. The molecule has 3 nitrogen and oxygen atoms in total. The van der Waals surface area contributed by atoms with E-state index in [0.29, 0.717) is 19.1 Å². The van der Waals surface area contributed by atoms with Crippen LogP contribution in [-0.2, 0) is 6.54 Å². The van der Waals surface area contributed by atoms with Crippen molar-refractivity contribution in [2.75, 3.05) is 6.61 Å². The minimum absolute atomic E-state index is 0.449. The Morgan fingerprint density at radius 1 is 1.32 bits per heavy atom. The lowest BCUT2D eigenvalue weighted by Gasteiger charge is -2.20. The molecule has 0 amide bonds. The second kappa shape index (κ2) is 6.92. The lowest BCUT2D eigenvalue weighted by atomic mass is 10.1. The number of nitrogens with one attached hydrogen (secondary N) is 1. The van der Waals surface area contributed by atoms with Gasteiger partial charge >= 0.3 is 0 Å². The molecule has 0 saturated carbocycles.